The topological polar surface area (TPSA) is 68.2 Å². The number of fused-ring (bicyclic) bond motifs is 1. The van der Waals surface area contributed by atoms with Gasteiger partial charge in [-0.2, -0.15) is 5.10 Å². The largest absolute Gasteiger partial charge is 0.347 e. The molecule has 1 aliphatic heterocycles. The summed E-state index contributed by atoms with van der Waals surface area (Å²) in [7, 11) is 3.72. The molecule has 1 fully saturated rings. The van der Waals surface area contributed by atoms with Crippen molar-refractivity contribution in [1.82, 2.24) is 25.0 Å². The van der Waals surface area contributed by atoms with E-state index in [1.165, 1.54) is 12.1 Å². The summed E-state index contributed by atoms with van der Waals surface area (Å²) in [6.07, 6.45) is 3.89. The number of hydrogen-bond donors (Lipinski definition) is 2. The molecule has 34 heavy (non-hydrogen) atoms. The number of rotatable bonds is 4. The Bertz CT molecular complexity index is 1440. The number of benzene rings is 2. The van der Waals surface area contributed by atoms with Crippen molar-refractivity contribution in [2.75, 3.05) is 13.1 Å². The van der Waals surface area contributed by atoms with Crippen LogP contribution in [0.2, 0.25) is 0 Å². The van der Waals surface area contributed by atoms with Crippen molar-refractivity contribution < 1.29 is 9.18 Å². The highest BCUT2D eigenvalue weighted by atomic mass is 19.1. The van der Waals surface area contributed by atoms with Crippen LogP contribution in [0.1, 0.15) is 23.3 Å². The summed E-state index contributed by atoms with van der Waals surface area (Å²) >= 11 is 0. The van der Waals surface area contributed by atoms with Gasteiger partial charge in [-0.05, 0) is 54.8 Å². The van der Waals surface area contributed by atoms with Gasteiger partial charge in [0.05, 0.1) is 17.8 Å². The molecule has 1 unspecified atom stereocenters. The summed E-state index contributed by atoms with van der Waals surface area (Å²) in [5.74, 6) is -0.742. The molecule has 0 spiro atoms. The molecule has 1 amide bonds. The van der Waals surface area contributed by atoms with E-state index in [1.807, 2.05) is 43.1 Å². The number of nitrogens with zero attached hydrogens (tertiary/aromatic N) is 4. The molecular weight excluding hydrogens is 431 g/mol. The number of carbonyl (C=O) groups excluding carboxylic acids is 1. The third-order valence-electron chi connectivity index (χ3n) is 6.37. The summed E-state index contributed by atoms with van der Waals surface area (Å²) in [5, 5.41) is 11.9. The van der Waals surface area contributed by atoms with Gasteiger partial charge in [0.25, 0.3) is 5.91 Å². The van der Waals surface area contributed by atoms with Crippen LogP contribution in [0.5, 0.6) is 0 Å². The maximum absolute atomic E-state index is 14.5. The maximum Gasteiger partial charge on any atom is 0.268 e. The Morgan fingerprint density at radius 3 is 2.76 bits per heavy atom. The molecule has 3 heterocycles. The zero-order valence-electron chi connectivity index (χ0n) is 19.1. The average Bonchev–Trinajstić information content (AvgIpc) is 3.37. The molecule has 172 valence electrons. The SMILES string of the molecule is [C-]#[N+]c1ccc(-c2cc(C(=O)NC3CCCNC3)n(C)c2-c2ccc3nn(C)cc3c2)cc1F. The predicted octanol–water partition coefficient (Wildman–Crippen LogP) is 4.42. The van der Waals surface area contributed by atoms with E-state index in [2.05, 4.69) is 20.6 Å². The van der Waals surface area contributed by atoms with E-state index in [0.29, 0.717) is 11.3 Å². The van der Waals surface area contributed by atoms with Gasteiger partial charge in [-0.1, -0.05) is 18.2 Å². The first kappa shape index (κ1) is 21.9. The van der Waals surface area contributed by atoms with Crippen molar-refractivity contribution >= 4 is 22.5 Å². The fraction of sp³-hybridized carbons (Fsp3) is 0.269. The number of halogens is 1. The zero-order chi connectivity index (χ0) is 23.8. The Kier molecular flexibility index (Phi) is 5.64. The van der Waals surface area contributed by atoms with E-state index in [0.717, 1.165) is 53.7 Å². The van der Waals surface area contributed by atoms with E-state index in [-0.39, 0.29) is 17.6 Å². The van der Waals surface area contributed by atoms with Crippen molar-refractivity contribution in [2.24, 2.45) is 14.1 Å². The lowest BCUT2D eigenvalue weighted by molar-refractivity contribution is 0.0922. The van der Waals surface area contributed by atoms with Crippen molar-refractivity contribution in [1.29, 1.82) is 0 Å². The van der Waals surface area contributed by atoms with Crippen molar-refractivity contribution in [3.8, 4) is 22.4 Å². The van der Waals surface area contributed by atoms with E-state index in [4.69, 9.17) is 6.57 Å². The molecule has 2 aromatic heterocycles. The lowest BCUT2D eigenvalue weighted by Gasteiger charge is -2.23. The molecular formula is C26H25FN6O. The van der Waals surface area contributed by atoms with Crippen LogP contribution in [-0.2, 0) is 14.1 Å². The normalized spacial score (nSPS) is 15.9. The Morgan fingerprint density at radius 1 is 1.21 bits per heavy atom. The number of hydrogen-bond acceptors (Lipinski definition) is 3. The van der Waals surface area contributed by atoms with Gasteiger partial charge >= 0.3 is 0 Å². The molecule has 2 aromatic carbocycles. The van der Waals surface area contributed by atoms with Gasteiger partial charge in [-0.3, -0.25) is 9.48 Å². The molecule has 5 rings (SSSR count). The van der Waals surface area contributed by atoms with Crippen LogP contribution in [0.4, 0.5) is 10.1 Å². The second-order valence-electron chi connectivity index (χ2n) is 8.72. The minimum Gasteiger partial charge on any atom is -0.347 e. The molecule has 4 aromatic rings. The lowest BCUT2D eigenvalue weighted by Crippen LogP contribution is -2.45. The first-order chi connectivity index (χ1) is 16.4. The minimum atomic E-state index is -0.579. The van der Waals surface area contributed by atoms with Crippen LogP contribution >= 0.6 is 0 Å². The minimum absolute atomic E-state index is 0.0271. The molecule has 1 atom stereocenters. The summed E-state index contributed by atoms with van der Waals surface area (Å²) in [5.41, 5.74) is 4.38. The molecule has 2 N–H and O–H groups in total. The highest BCUT2D eigenvalue weighted by molar-refractivity contribution is 5.98. The Balaban J connectivity index is 1.63. The molecule has 7 nitrogen and oxygen atoms in total. The average molecular weight is 457 g/mol. The maximum atomic E-state index is 14.5. The van der Waals surface area contributed by atoms with E-state index < -0.39 is 5.82 Å². The zero-order valence-corrected chi connectivity index (χ0v) is 19.1. The van der Waals surface area contributed by atoms with Crippen LogP contribution in [-0.4, -0.2) is 39.4 Å². The van der Waals surface area contributed by atoms with Crippen LogP contribution in [0, 0.1) is 12.4 Å². The van der Waals surface area contributed by atoms with E-state index in [1.54, 1.807) is 16.8 Å². The van der Waals surface area contributed by atoms with Crippen molar-refractivity contribution in [3.05, 3.63) is 71.6 Å². The van der Waals surface area contributed by atoms with E-state index in [9.17, 15) is 9.18 Å². The fourth-order valence-electron chi connectivity index (χ4n) is 4.69. The van der Waals surface area contributed by atoms with Gasteiger partial charge in [0.15, 0.2) is 0 Å². The monoisotopic (exact) mass is 456 g/mol. The van der Waals surface area contributed by atoms with Gasteiger partial charge in [0.1, 0.15) is 11.5 Å². The quantitative estimate of drug-likeness (QED) is 0.447. The molecule has 0 saturated carbocycles. The number of piperidine rings is 1. The predicted molar refractivity (Wildman–Crippen MR) is 130 cm³/mol. The van der Waals surface area contributed by atoms with Crippen LogP contribution < -0.4 is 10.6 Å². The Hall–Kier alpha value is -3.96. The summed E-state index contributed by atoms with van der Waals surface area (Å²) in [6.45, 7) is 8.86. The fourth-order valence-corrected chi connectivity index (χ4v) is 4.69. The number of aromatic nitrogens is 3. The second kappa shape index (κ2) is 8.76. The smallest absolute Gasteiger partial charge is 0.268 e. The molecule has 1 saturated heterocycles. The van der Waals surface area contributed by atoms with Gasteiger partial charge in [0.2, 0.25) is 5.69 Å². The standard InChI is InChI=1S/C26H25FN6O/c1-28-23-9-6-16(12-21(23)27)20-13-24(26(34)30-19-5-4-10-29-14-19)33(3)25(20)17-7-8-22-18(11-17)15-32(2)31-22/h6-9,11-13,15,19,29H,4-5,10,14H2,2-3H3,(H,30,34). The van der Waals surface area contributed by atoms with E-state index >= 15 is 0 Å². The van der Waals surface area contributed by atoms with Crippen molar-refractivity contribution in [2.45, 2.75) is 18.9 Å². The third-order valence-corrected chi connectivity index (χ3v) is 6.37. The molecule has 0 aliphatic carbocycles. The van der Waals surface area contributed by atoms with Crippen LogP contribution in [0.25, 0.3) is 38.1 Å². The first-order valence-corrected chi connectivity index (χ1v) is 11.3. The second-order valence-corrected chi connectivity index (χ2v) is 8.72. The summed E-state index contributed by atoms with van der Waals surface area (Å²) in [6, 6.07) is 12.4. The van der Waals surface area contributed by atoms with Crippen LogP contribution in [0.15, 0.2) is 48.7 Å². The van der Waals surface area contributed by atoms with Crippen molar-refractivity contribution in [3.63, 3.8) is 0 Å². The highest BCUT2D eigenvalue weighted by Gasteiger charge is 2.23. The van der Waals surface area contributed by atoms with Gasteiger partial charge in [0, 0.05) is 43.8 Å². The highest BCUT2D eigenvalue weighted by Crippen LogP contribution is 2.37. The number of aryl methyl sites for hydroxylation is 1. The summed E-state index contributed by atoms with van der Waals surface area (Å²) in [4.78, 5) is 16.5. The van der Waals surface area contributed by atoms with Gasteiger partial charge < -0.3 is 15.2 Å². The number of nitrogens with one attached hydrogen (secondary N) is 2. The molecule has 0 bridgehead atoms. The summed E-state index contributed by atoms with van der Waals surface area (Å²) < 4.78 is 18.2. The van der Waals surface area contributed by atoms with Crippen LogP contribution in [0.3, 0.4) is 0 Å². The Morgan fingerprint density at radius 2 is 2.03 bits per heavy atom. The lowest BCUT2D eigenvalue weighted by atomic mass is 10.00. The molecule has 0 radical (unpaired) electrons. The molecule has 8 heteroatoms. The van der Waals surface area contributed by atoms with Gasteiger partial charge in [-0.15, -0.1) is 0 Å². The Labute approximate surface area is 197 Å². The van der Waals surface area contributed by atoms with Gasteiger partial charge in [-0.25, -0.2) is 9.24 Å². The molecule has 1 aliphatic rings. The third kappa shape index (κ3) is 3.95. The number of carbonyl (C=O) groups is 1. The first-order valence-electron chi connectivity index (χ1n) is 11.3. The number of amides is 1.